The van der Waals surface area contributed by atoms with Crippen molar-refractivity contribution in [2.24, 2.45) is 0 Å². The zero-order chi connectivity index (χ0) is 36.0. The Morgan fingerprint density at radius 3 is 0.706 bits per heavy atom. The number of rotatable bonds is 34. The summed E-state index contributed by atoms with van der Waals surface area (Å²) in [6, 6.07) is 14.9. The Bertz CT molecular complexity index is 882. The summed E-state index contributed by atoms with van der Waals surface area (Å²) in [5.74, 6) is 0.423. The van der Waals surface area contributed by atoms with Gasteiger partial charge >= 0.3 is 37.7 Å². The van der Waals surface area contributed by atoms with Crippen molar-refractivity contribution < 1.29 is 10.2 Å². The van der Waals surface area contributed by atoms with E-state index in [1.54, 1.807) is 12.1 Å². The van der Waals surface area contributed by atoms with Crippen LogP contribution in [0.3, 0.4) is 0 Å². The first-order valence-electron chi connectivity index (χ1n) is 22.2. The van der Waals surface area contributed by atoms with E-state index in [0.717, 1.165) is 36.8 Å². The maximum absolute atomic E-state index is 11.6. The first-order chi connectivity index (χ1) is 24.7. The molecule has 0 aliphatic heterocycles. The van der Waals surface area contributed by atoms with Crippen LogP contribution in [0.15, 0.2) is 48.5 Å². The molecule has 0 unspecified atom stereocenters. The van der Waals surface area contributed by atoms with Crippen molar-refractivity contribution in [2.45, 2.75) is 232 Å². The quantitative estimate of drug-likeness (QED) is 0.0532. The summed E-state index contributed by atoms with van der Waals surface area (Å²) in [4.78, 5) is 0. The Morgan fingerprint density at radius 1 is 0.294 bits per heavy atom. The van der Waals surface area contributed by atoms with Crippen molar-refractivity contribution in [3.63, 3.8) is 0 Å². The molecule has 0 fully saturated rings. The van der Waals surface area contributed by atoms with Crippen LogP contribution in [0.1, 0.15) is 230 Å². The van der Waals surface area contributed by atoms with Crippen LogP contribution in [0, 0.1) is 0 Å². The van der Waals surface area contributed by atoms with E-state index in [9.17, 15) is 10.2 Å². The Kier molecular flexibility index (Phi) is 39.9. The molecule has 0 aliphatic rings. The zero-order valence-electron chi connectivity index (χ0n) is 34.2. The first-order valence-corrected chi connectivity index (χ1v) is 22.2. The molecule has 3 heteroatoms. The maximum Gasteiger partial charge on any atom is 2.00 e. The Balaban J connectivity index is 0.000000962. The van der Waals surface area contributed by atoms with Gasteiger partial charge in [0.1, 0.15) is 0 Å². The van der Waals surface area contributed by atoms with E-state index in [2.05, 4.69) is 13.8 Å². The molecule has 0 saturated carbocycles. The van der Waals surface area contributed by atoms with Crippen molar-refractivity contribution in [1.82, 2.24) is 0 Å². The second-order valence-corrected chi connectivity index (χ2v) is 15.3. The molecule has 2 aromatic carbocycles. The predicted molar refractivity (Wildman–Crippen MR) is 224 cm³/mol. The molecule has 0 heterocycles. The van der Waals surface area contributed by atoms with Gasteiger partial charge in [0.15, 0.2) is 0 Å². The molecular formula is C48H82CaO2. The largest absolute Gasteiger partial charge is 2.00 e. The fraction of sp³-hybridized carbons (Fsp3) is 0.750. The van der Waals surface area contributed by atoms with Gasteiger partial charge in [-0.05, 0) is 25.7 Å². The molecule has 51 heavy (non-hydrogen) atoms. The normalized spacial score (nSPS) is 10.9. The minimum Gasteiger partial charge on any atom is -0.872 e. The summed E-state index contributed by atoms with van der Waals surface area (Å²) >= 11 is 0. The smallest absolute Gasteiger partial charge is 0.872 e. The number of aryl methyl sites for hydroxylation is 2. The molecule has 2 aromatic rings. The minimum atomic E-state index is 0. The van der Waals surface area contributed by atoms with Crippen LogP contribution in [0.2, 0.25) is 0 Å². The minimum absolute atomic E-state index is 0. The van der Waals surface area contributed by atoms with Crippen molar-refractivity contribution in [3.8, 4) is 11.5 Å². The van der Waals surface area contributed by atoms with Crippen molar-refractivity contribution in [2.75, 3.05) is 0 Å². The maximum atomic E-state index is 11.6. The molecule has 0 amide bonds. The molecule has 288 valence electrons. The molecular weight excluding hydrogens is 649 g/mol. The van der Waals surface area contributed by atoms with Crippen LogP contribution in [0.25, 0.3) is 0 Å². The number of benzene rings is 2. The van der Waals surface area contributed by atoms with Crippen LogP contribution in [0.5, 0.6) is 11.5 Å². The van der Waals surface area contributed by atoms with Gasteiger partial charge in [-0.25, -0.2) is 0 Å². The second kappa shape index (κ2) is 40.5. The van der Waals surface area contributed by atoms with Crippen LogP contribution < -0.4 is 10.2 Å². The molecule has 2 rings (SSSR count). The summed E-state index contributed by atoms with van der Waals surface area (Å²) in [5, 5.41) is 23.2. The number of hydrogen-bond acceptors (Lipinski definition) is 2. The van der Waals surface area contributed by atoms with Gasteiger partial charge in [0.05, 0.1) is 0 Å². The van der Waals surface area contributed by atoms with E-state index >= 15 is 0 Å². The van der Waals surface area contributed by atoms with Gasteiger partial charge in [-0.15, -0.1) is 11.5 Å². The molecule has 2 nitrogen and oxygen atoms in total. The topological polar surface area (TPSA) is 46.1 Å². The number of para-hydroxylation sites is 2. The Morgan fingerprint density at radius 2 is 0.490 bits per heavy atom. The van der Waals surface area contributed by atoms with Gasteiger partial charge in [0, 0.05) is 0 Å². The molecule has 0 bridgehead atoms. The zero-order valence-corrected chi connectivity index (χ0v) is 36.4. The molecule has 0 N–H and O–H groups in total. The van der Waals surface area contributed by atoms with E-state index in [1.165, 1.54) is 193 Å². The monoisotopic (exact) mass is 731 g/mol. The average Bonchev–Trinajstić information content (AvgIpc) is 3.13. The van der Waals surface area contributed by atoms with Gasteiger partial charge in [-0.2, -0.15) is 0 Å². The third-order valence-electron chi connectivity index (χ3n) is 10.5. The molecule has 0 aromatic heterocycles. The molecule has 0 saturated heterocycles. The SMILES string of the molecule is CCCCCCCCCCCCCCCCCCc1ccccc1[O-].CCCCCCCCCCCCCCCCCCc1ccccc1[O-].[Ca+2]. The Labute approximate surface area is 348 Å². The molecule has 0 radical (unpaired) electrons. The van der Waals surface area contributed by atoms with Gasteiger partial charge < -0.3 is 10.2 Å². The van der Waals surface area contributed by atoms with Crippen LogP contribution in [-0.2, 0) is 12.8 Å². The van der Waals surface area contributed by atoms with E-state index in [1.807, 2.05) is 36.4 Å². The van der Waals surface area contributed by atoms with E-state index in [4.69, 9.17) is 0 Å². The van der Waals surface area contributed by atoms with Crippen molar-refractivity contribution in [1.29, 1.82) is 0 Å². The van der Waals surface area contributed by atoms with Crippen LogP contribution in [0.4, 0.5) is 0 Å². The van der Waals surface area contributed by atoms with Crippen molar-refractivity contribution >= 4 is 37.7 Å². The third-order valence-corrected chi connectivity index (χ3v) is 10.5. The van der Waals surface area contributed by atoms with Gasteiger partial charge in [-0.1, -0.05) is 266 Å². The third kappa shape index (κ3) is 33.6. The standard InChI is InChI=1S/2C24H42O.Ca/c2*1-2-3-4-5-6-7-8-9-10-11-12-13-14-15-16-17-20-23-21-18-19-22-24(23)25;/h2*18-19,21-22,25H,2-17,20H2,1H3;/q;;+2/p-2. The summed E-state index contributed by atoms with van der Waals surface area (Å²) in [6.45, 7) is 4.57. The van der Waals surface area contributed by atoms with Gasteiger partial charge in [0.2, 0.25) is 0 Å². The fourth-order valence-electron chi connectivity index (χ4n) is 7.15. The summed E-state index contributed by atoms with van der Waals surface area (Å²) in [5.41, 5.74) is 1.99. The van der Waals surface area contributed by atoms with Gasteiger partial charge in [-0.3, -0.25) is 0 Å². The van der Waals surface area contributed by atoms with E-state index in [-0.39, 0.29) is 49.2 Å². The summed E-state index contributed by atoms with van der Waals surface area (Å²) in [7, 11) is 0. The summed E-state index contributed by atoms with van der Waals surface area (Å²) in [6.07, 6.45) is 46.5. The molecule has 0 spiro atoms. The Hall–Kier alpha value is -0.700. The van der Waals surface area contributed by atoms with Gasteiger partial charge in [0.25, 0.3) is 0 Å². The fourth-order valence-corrected chi connectivity index (χ4v) is 7.15. The first kappa shape index (κ1) is 50.3. The predicted octanol–water partition coefficient (Wildman–Crippen LogP) is 14.7. The van der Waals surface area contributed by atoms with E-state index in [0.29, 0.717) is 0 Å². The molecule has 0 aliphatic carbocycles. The second-order valence-electron chi connectivity index (χ2n) is 15.3. The van der Waals surface area contributed by atoms with E-state index < -0.39 is 0 Å². The molecule has 0 atom stereocenters. The van der Waals surface area contributed by atoms with Crippen LogP contribution >= 0.6 is 0 Å². The van der Waals surface area contributed by atoms with Crippen LogP contribution in [-0.4, -0.2) is 37.7 Å². The number of hydrogen-bond donors (Lipinski definition) is 0. The summed E-state index contributed by atoms with van der Waals surface area (Å²) < 4.78 is 0. The van der Waals surface area contributed by atoms with Crippen molar-refractivity contribution in [3.05, 3.63) is 59.7 Å². The average molecular weight is 731 g/mol. The number of unbranched alkanes of at least 4 members (excludes halogenated alkanes) is 30.